The van der Waals surface area contributed by atoms with E-state index in [0.29, 0.717) is 24.5 Å². The molecule has 1 amide bonds. The van der Waals surface area contributed by atoms with E-state index < -0.39 is 5.91 Å². The van der Waals surface area contributed by atoms with Gasteiger partial charge in [0.2, 0.25) is 0 Å². The highest BCUT2D eigenvalue weighted by Crippen LogP contribution is 2.26. The molecule has 2 N–H and O–H groups in total. The van der Waals surface area contributed by atoms with Gasteiger partial charge in [-0.15, -0.1) is 0 Å². The van der Waals surface area contributed by atoms with Gasteiger partial charge >= 0.3 is 0 Å². The molecule has 0 saturated carbocycles. The third kappa shape index (κ3) is 3.27. The molecule has 0 aliphatic carbocycles. The summed E-state index contributed by atoms with van der Waals surface area (Å²) in [5.41, 5.74) is 3.03. The minimum Gasteiger partial charge on any atom is -0.492 e. The molecule has 110 valence electrons. The van der Waals surface area contributed by atoms with Gasteiger partial charge in [0.25, 0.3) is 5.91 Å². The molecule has 0 bridgehead atoms. The van der Waals surface area contributed by atoms with E-state index in [1.165, 1.54) is 0 Å². The van der Waals surface area contributed by atoms with E-state index in [9.17, 15) is 4.79 Å². The second-order valence-corrected chi connectivity index (χ2v) is 4.89. The summed E-state index contributed by atoms with van der Waals surface area (Å²) >= 11 is 0. The Morgan fingerprint density at radius 2 is 2.40 bits per heavy atom. The lowest BCUT2D eigenvalue weighted by Crippen LogP contribution is -2.37. The summed E-state index contributed by atoms with van der Waals surface area (Å²) in [6, 6.07) is 5.47. The average Bonchev–Trinajstić information content (AvgIpc) is 2.63. The van der Waals surface area contributed by atoms with Crippen molar-refractivity contribution >= 4 is 5.91 Å². The fourth-order valence-electron chi connectivity index (χ4n) is 2.22. The molecule has 1 aromatic rings. The van der Waals surface area contributed by atoms with Crippen LogP contribution in [-0.4, -0.2) is 48.9 Å². The number of methoxy groups -OCH3 is 1. The topological polar surface area (TPSA) is 71.0 Å². The number of amides is 1. The lowest BCUT2D eigenvalue weighted by molar-refractivity contribution is 0.0706. The number of carbonyl (C=O) groups is 1. The van der Waals surface area contributed by atoms with Gasteiger partial charge in [0.05, 0.1) is 6.61 Å². The van der Waals surface area contributed by atoms with Gasteiger partial charge in [-0.25, -0.2) is 5.48 Å². The van der Waals surface area contributed by atoms with Crippen molar-refractivity contribution in [1.82, 2.24) is 10.4 Å². The SMILES string of the molecule is COCCN1Cc2ccc(C(=O)NO)cc2OCC1C. The quantitative estimate of drug-likeness (QED) is 0.637. The number of benzene rings is 1. The lowest BCUT2D eigenvalue weighted by Gasteiger charge is -2.25. The first-order valence-corrected chi connectivity index (χ1v) is 6.59. The summed E-state index contributed by atoms with van der Waals surface area (Å²) in [6.45, 7) is 4.91. The Morgan fingerprint density at radius 1 is 1.60 bits per heavy atom. The highest BCUT2D eigenvalue weighted by Gasteiger charge is 2.22. The van der Waals surface area contributed by atoms with E-state index in [2.05, 4.69) is 11.8 Å². The molecule has 0 fully saturated rings. The standard InChI is InChI=1S/C14H20N2O4/c1-10-9-20-13-7-11(14(17)15-18)3-4-12(13)8-16(10)5-6-19-2/h3-4,7,10,18H,5-6,8-9H2,1-2H3,(H,15,17). The summed E-state index contributed by atoms with van der Waals surface area (Å²) in [5.74, 6) is 0.155. The van der Waals surface area contributed by atoms with E-state index in [1.807, 2.05) is 6.07 Å². The second kappa shape index (κ2) is 6.69. The molecule has 20 heavy (non-hydrogen) atoms. The molecule has 1 aliphatic heterocycles. The third-order valence-electron chi connectivity index (χ3n) is 3.49. The first-order chi connectivity index (χ1) is 9.65. The average molecular weight is 280 g/mol. The number of hydrogen-bond donors (Lipinski definition) is 2. The van der Waals surface area contributed by atoms with Crippen molar-refractivity contribution < 1.29 is 19.5 Å². The van der Waals surface area contributed by atoms with Gasteiger partial charge in [0.1, 0.15) is 12.4 Å². The van der Waals surface area contributed by atoms with E-state index in [1.54, 1.807) is 24.7 Å². The Morgan fingerprint density at radius 3 is 3.10 bits per heavy atom. The normalized spacial score (nSPS) is 18.9. The van der Waals surface area contributed by atoms with Crippen LogP contribution >= 0.6 is 0 Å². The van der Waals surface area contributed by atoms with E-state index in [-0.39, 0.29) is 6.04 Å². The number of rotatable bonds is 4. The second-order valence-electron chi connectivity index (χ2n) is 4.89. The van der Waals surface area contributed by atoms with Crippen molar-refractivity contribution in [1.29, 1.82) is 0 Å². The molecule has 6 nitrogen and oxygen atoms in total. The van der Waals surface area contributed by atoms with Crippen molar-refractivity contribution in [3.05, 3.63) is 29.3 Å². The summed E-state index contributed by atoms with van der Waals surface area (Å²) in [7, 11) is 1.69. The van der Waals surface area contributed by atoms with Crippen LogP contribution in [0.25, 0.3) is 0 Å². The van der Waals surface area contributed by atoms with Crippen LogP contribution in [0.1, 0.15) is 22.8 Å². The first-order valence-electron chi connectivity index (χ1n) is 6.59. The maximum absolute atomic E-state index is 11.4. The molecule has 1 aromatic carbocycles. The van der Waals surface area contributed by atoms with Gasteiger partial charge in [0.15, 0.2) is 0 Å². The molecule has 0 saturated heterocycles. The van der Waals surface area contributed by atoms with E-state index in [0.717, 1.165) is 18.7 Å². The summed E-state index contributed by atoms with van der Waals surface area (Å²) in [5, 5.41) is 8.67. The predicted octanol–water partition coefficient (Wildman–Crippen LogP) is 1.03. The van der Waals surface area contributed by atoms with Crippen LogP contribution in [0.3, 0.4) is 0 Å². The fourth-order valence-corrected chi connectivity index (χ4v) is 2.22. The number of nitrogens with one attached hydrogen (secondary N) is 1. The summed E-state index contributed by atoms with van der Waals surface area (Å²) in [4.78, 5) is 13.7. The molecular weight excluding hydrogens is 260 g/mol. The van der Waals surface area contributed by atoms with Crippen molar-refractivity contribution in [3.63, 3.8) is 0 Å². The largest absolute Gasteiger partial charge is 0.492 e. The smallest absolute Gasteiger partial charge is 0.274 e. The van der Waals surface area contributed by atoms with Crippen molar-refractivity contribution in [2.75, 3.05) is 26.9 Å². The molecular formula is C14H20N2O4. The van der Waals surface area contributed by atoms with Crippen LogP contribution in [-0.2, 0) is 11.3 Å². The Kier molecular flexibility index (Phi) is 4.94. The van der Waals surface area contributed by atoms with Crippen molar-refractivity contribution in [2.24, 2.45) is 0 Å². The molecule has 2 rings (SSSR count). The zero-order valence-electron chi connectivity index (χ0n) is 11.8. The minimum absolute atomic E-state index is 0.271. The minimum atomic E-state index is -0.537. The van der Waals surface area contributed by atoms with Gasteiger partial charge < -0.3 is 9.47 Å². The number of carbonyl (C=O) groups excluding carboxylic acids is 1. The van der Waals surface area contributed by atoms with Crippen LogP contribution in [0.15, 0.2) is 18.2 Å². The number of ether oxygens (including phenoxy) is 2. The third-order valence-corrected chi connectivity index (χ3v) is 3.49. The van der Waals surface area contributed by atoms with Crippen LogP contribution in [0.4, 0.5) is 0 Å². The van der Waals surface area contributed by atoms with Crippen LogP contribution in [0.5, 0.6) is 5.75 Å². The molecule has 0 radical (unpaired) electrons. The number of hydrogen-bond acceptors (Lipinski definition) is 5. The van der Waals surface area contributed by atoms with E-state index in [4.69, 9.17) is 14.7 Å². The Bertz CT molecular complexity index is 478. The fraction of sp³-hybridized carbons (Fsp3) is 0.500. The van der Waals surface area contributed by atoms with Gasteiger partial charge in [-0.05, 0) is 19.1 Å². The maximum Gasteiger partial charge on any atom is 0.274 e. The Hall–Kier alpha value is -1.63. The molecule has 0 spiro atoms. The molecule has 1 atom stereocenters. The Balaban J connectivity index is 2.19. The van der Waals surface area contributed by atoms with Crippen molar-refractivity contribution in [2.45, 2.75) is 19.5 Å². The highest BCUT2D eigenvalue weighted by molar-refractivity contribution is 5.93. The zero-order valence-corrected chi connectivity index (χ0v) is 11.8. The molecule has 1 unspecified atom stereocenters. The number of nitrogens with zero attached hydrogens (tertiary/aromatic N) is 1. The van der Waals surface area contributed by atoms with Crippen LogP contribution in [0, 0.1) is 0 Å². The maximum atomic E-state index is 11.4. The molecule has 0 aromatic heterocycles. The van der Waals surface area contributed by atoms with Gasteiger partial charge in [0, 0.05) is 37.4 Å². The number of hydroxylamine groups is 1. The van der Waals surface area contributed by atoms with Gasteiger partial charge in [-0.3, -0.25) is 14.9 Å². The van der Waals surface area contributed by atoms with Crippen LogP contribution < -0.4 is 10.2 Å². The van der Waals surface area contributed by atoms with Gasteiger partial charge in [-0.2, -0.15) is 0 Å². The monoisotopic (exact) mass is 280 g/mol. The molecule has 1 heterocycles. The predicted molar refractivity (Wildman–Crippen MR) is 72.9 cm³/mol. The lowest BCUT2D eigenvalue weighted by atomic mass is 10.1. The zero-order chi connectivity index (χ0) is 14.5. The summed E-state index contributed by atoms with van der Waals surface area (Å²) < 4.78 is 10.9. The highest BCUT2D eigenvalue weighted by atomic mass is 16.5. The summed E-state index contributed by atoms with van der Waals surface area (Å²) in [6.07, 6.45) is 0. The van der Waals surface area contributed by atoms with E-state index >= 15 is 0 Å². The molecule has 1 aliphatic rings. The van der Waals surface area contributed by atoms with Crippen molar-refractivity contribution in [3.8, 4) is 5.75 Å². The van der Waals surface area contributed by atoms with Crippen LogP contribution in [0.2, 0.25) is 0 Å². The van der Waals surface area contributed by atoms with Gasteiger partial charge in [-0.1, -0.05) is 6.07 Å². The Labute approximate surface area is 118 Å². The first kappa shape index (κ1) is 14.8. The molecule has 6 heteroatoms. The number of fused-ring (bicyclic) bond motifs is 1.